The van der Waals surface area contributed by atoms with E-state index in [0.29, 0.717) is 0 Å². The van der Waals surface area contributed by atoms with Crippen LogP contribution in [0.1, 0.15) is 20.8 Å². The highest BCUT2D eigenvalue weighted by molar-refractivity contribution is 7.99. The van der Waals surface area contributed by atoms with Crippen LogP contribution < -0.4 is 10.6 Å². The van der Waals surface area contributed by atoms with Crippen molar-refractivity contribution in [2.24, 2.45) is 4.99 Å². The van der Waals surface area contributed by atoms with E-state index in [9.17, 15) is 4.79 Å². The summed E-state index contributed by atoms with van der Waals surface area (Å²) < 4.78 is 0.195. The predicted molar refractivity (Wildman–Crippen MR) is 95.7 cm³/mol. The largest absolute Gasteiger partial charge is 0.355 e. The van der Waals surface area contributed by atoms with E-state index in [1.807, 2.05) is 16.7 Å². The van der Waals surface area contributed by atoms with Crippen molar-refractivity contribution in [1.82, 2.24) is 20.4 Å². The van der Waals surface area contributed by atoms with Gasteiger partial charge in [0.15, 0.2) is 5.96 Å². The number of thioether (sulfide) groups is 1. The Morgan fingerprint density at radius 3 is 2.36 bits per heavy atom. The second-order valence-corrected chi connectivity index (χ2v) is 7.68. The van der Waals surface area contributed by atoms with E-state index in [0.717, 1.165) is 51.8 Å². The Hall–Kier alpha value is -0.950. The van der Waals surface area contributed by atoms with Crippen LogP contribution in [-0.2, 0) is 4.79 Å². The van der Waals surface area contributed by atoms with Gasteiger partial charge in [0.25, 0.3) is 0 Å². The molecule has 1 fully saturated rings. The van der Waals surface area contributed by atoms with Crippen molar-refractivity contribution in [3.63, 3.8) is 0 Å². The van der Waals surface area contributed by atoms with Gasteiger partial charge in [0, 0.05) is 64.5 Å². The fourth-order valence-corrected chi connectivity index (χ4v) is 2.42. The molecule has 0 aliphatic carbocycles. The van der Waals surface area contributed by atoms with Gasteiger partial charge in [0.05, 0.1) is 0 Å². The molecule has 0 aromatic rings. The number of guanidine groups is 1. The first-order valence-electron chi connectivity index (χ1n) is 7.85. The zero-order valence-electron chi connectivity index (χ0n) is 14.6. The number of piperazine rings is 1. The summed E-state index contributed by atoms with van der Waals surface area (Å²) in [5.41, 5.74) is 0. The fourth-order valence-electron chi connectivity index (χ4n) is 2.21. The smallest absolute Gasteiger partial charge is 0.219 e. The minimum Gasteiger partial charge on any atom is -0.355 e. The Labute approximate surface area is 139 Å². The predicted octanol–water partition coefficient (Wildman–Crippen LogP) is 0.457. The van der Waals surface area contributed by atoms with E-state index in [1.165, 1.54) is 0 Å². The molecule has 0 unspecified atom stereocenters. The maximum absolute atomic E-state index is 11.3. The van der Waals surface area contributed by atoms with Gasteiger partial charge in [0.1, 0.15) is 0 Å². The summed E-state index contributed by atoms with van der Waals surface area (Å²) in [7, 11) is 1.80. The van der Waals surface area contributed by atoms with Gasteiger partial charge in [-0.1, -0.05) is 0 Å². The van der Waals surface area contributed by atoms with Crippen LogP contribution in [0.15, 0.2) is 4.99 Å². The second-order valence-electron chi connectivity index (χ2n) is 6.16. The van der Waals surface area contributed by atoms with E-state index in [1.54, 1.807) is 14.0 Å². The van der Waals surface area contributed by atoms with Crippen molar-refractivity contribution >= 4 is 23.6 Å². The second kappa shape index (κ2) is 9.25. The van der Waals surface area contributed by atoms with Crippen molar-refractivity contribution < 1.29 is 4.79 Å². The number of nitrogens with one attached hydrogen (secondary N) is 2. The lowest BCUT2D eigenvalue weighted by Crippen LogP contribution is -2.50. The first kappa shape index (κ1) is 19.1. The van der Waals surface area contributed by atoms with Gasteiger partial charge in [-0.25, -0.2) is 0 Å². The van der Waals surface area contributed by atoms with Crippen molar-refractivity contribution in [2.75, 3.05) is 59.1 Å². The number of amides is 1. The molecule has 1 aliphatic rings. The monoisotopic (exact) mass is 329 g/mol. The summed E-state index contributed by atoms with van der Waals surface area (Å²) in [4.78, 5) is 19.8. The van der Waals surface area contributed by atoms with E-state index in [2.05, 4.69) is 40.6 Å². The van der Waals surface area contributed by atoms with Crippen molar-refractivity contribution in [3.8, 4) is 0 Å². The Balaban J connectivity index is 2.21. The lowest BCUT2D eigenvalue weighted by atomic mass is 10.2. The zero-order chi connectivity index (χ0) is 16.6. The molecule has 2 N–H and O–H groups in total. The normalized spacial score (nSPS) is 17.5. The number of carbonyl (C=O) groups excluding carboxylic acids is 1. The van der Waals surface area contributed by atoms with Gasteiger partial charge < -0.3 is 15.5 Å². The number of aliphatic imine (C=N–C) groups is 1. The molecule has 128 valence electrons. The molecular formula is C15H31N5OS. The lowest BCUT2D eigenvalue weighted by Gasteiger charge is -2.34. The third-order valence-corrected chi connectivity index (χ3v) is 5.25. The standard InChI is InChI=1S/C15H31N5OS/c1-13(21)20-10-8-19(9-11-20)7-6-17-14(16-4)18-12-15(2,3)22-5/h6-12H2,1-5H3,(H2,16,17,18). The van der Waals surface area contributed by atoms with Gasteiger partial charge in [-0.2, -0.15) is 11.8 Å². The van der Waals surface area contributed by atoms with Gasteiger partial charge in [-0.3, -0.25) is 14.7 Å². The van der Waals surface area contributed by atoms with Crippen molar-refractivity contribution in [1.29, 1.82) is 0 Å². The van der Waals surface area contributed by atoms with Gasteiger partial charge in [0.2, 0.25) is 5.91 Å². The molecule has 1 amide bonds. The third-order valence-electron chi connectivity index (χ3n) is 4.00. The highest BCUT2D eigenvalue weighted by Gasteiger charge is 2.18. The number of nitrogens with zero attached hydrogens (tertiary/aromatic N) is 3. The molecular weight excluding hydrogens is 298 g/mol. The number of hydrogen-bond donors (Lipinski definition) is 2. The summed E-state index contributed by atoms with van der Waals surface area (Å²) in [6.45, 7) is 12.4. The topological polar surface area (TPSA) is 60.0 Å². The van der Waals surface area contributed by atoms with Gasteiger partial charge >= 0.3 is 0 Å². The van der Waals surface area contributed by atoms with E-state index < -0.39 is 0 Å². The van der Waals surface area contributed by atoms with E-state index >= 15 is 0 Å². The van der Waals surface area contributed by atoms with E-state index in [-0.39, 0.29) is 10.7 Å². The summed E-state index contributed by atoms with van der Waals surface area (Å²) in [6.07, 6.45) is 2.12. The Morgan fingerprint density at radius 2 is 1.86 bits per heavy atom. The molecule has 1 aliphatic heterocycles. The molecule has 1 rings (SSSR count). The summed E-state index contributed by atoms with van der Waals surface area (Å²) in [5.74, 6) is 1.03. The fraction of sp³-hybridized carbons (Fsp3) is 0.867. The lowest BCUT2D eigenvalue weighted by molar-refractivity contribution is -0.130. The van der Waals surface area contributed by atoms with Crippen molar-refractivity contribution in [2.45, 2.75) is 25.5 Å². The van der Waals surface area contributed by atoms with Crippen LogP contribution in [0.2, 0.25) is 0 Å². The quantitative estimate of drug-likeness (QED) is 0.548. The van der Waals surface area contributed by atoms with Gasteiger partial charge in [-0.15, -0.1) is 0 Å². The molecule has 0 bridgehead atoms. The number of hydrogen-bond acceptors (Lipinski definition) is 4. The van der Waals surface area contributed by atoms with Gasteiger partial charge in [-0.05, 0) is 20.1 Å². The molecule has 22 heavy (non-hydrogen) atoms. The van der Waals surface area contributed by atoms with Crippen LogP contribution in [0.25, 0.3) is 0 Å². The molecule has 7 heteroatoms. The minimum absolute atomic E-state index is 0.179. The van der Waals surface area contributed by atoms with Crippen LogP contribution in [0.5, 0.6) is 0 Å². The molecule has 0 spiro atoms. The zero-order valence-corrected chi connectivity index (χ0v) is 15.4. The van der Waals surface area contributed by atoms with Crippen LogP contribution in [-0.4, -0.2) is 85.5 Å². The van der Waals surface area contributed by atoms with Crippen LogP contribution in [0, 0.1) is 0 Å². The Morgan fingerprint density at radius 1 is 1.23 bits per heavy atom. The molecule has 0 aromatic carbocycles. The molecule has 0 atom stereocenters. The average Bonchev–Trinajstić information content (AvgIpc) is 2.51. The van der Waals surface area contributed by atoms with Crippen LogP contribution in [0.3, 0.4) is 0 Å². The highest BCUT2D eigenvalue weighted by atomic mass is 32.2. The first-order chi connectivity index (χ1) is 10.4. The van der Waals surface area contributed by atoms with E-state index in [4.69, 9.17) is 0 Å². The van der Waals surface area contributed by atoms with Crippen molar-refractivity contribution in [3.05, 3.63) is 0 Å². The SMILES string of the molecule is CN=C(NCCN1CCN(C(C)=O)CC1)NCC(C)(C)SC. The maximum Gasteiger partial charge on any atom is 0.219 e. The van der Waals surface area contributed by atoms with Crippen LogP contribution in [0.4, 0.5) is 0 Å². The Kier molecular flexibility index (Phi) is 8.03. The average molecular weight is 330 g/mol. The first-order valence-corrected chi connectivity index (χ1v) is 9.08. The molecule has 0 radical (unpaired) electrons. The van der Waals surface area contributed by atoms with Crippen LogP contribution >= 0.6 is 11.8 Å². The molecule has 1 saturated heterocycles. The molecule has 0 saturated carbocycles. The number of carbonyl (C=O) groups is 1. The Bertz CT molecular complexity index is 378. The molecule has 1 heterocycles. The summed E-state index contributed by atoms with van der Waals surface area (Å²) in [5, 5.41) is 6.72. The summed E-state index contributed by atoms with van der Waals surface area (Å²) in [6, 6.07) is 0. The molecule has 6 nitrogen and oxygen atoms in total. The summed E-state index contributed by atoms with van der Waals surface area (Å²) >= 11 is 1.84. The number of rotatable bonds is 6. The molecule has 0 aromatic heterocycles. The minimum atomic E-state index is 0.179. The maximum atomic E-state index is 11.3. The third kappa shape index (κ3) is 6.87. The highest BCUT2D eigenvalue weighted by Crippen LogP contribution is 2.19.